The van der Waals surface area contributed by atoms with E-state index in [0.717, 1.165) is 29.2 Å². The van der Waals surface area contributed by atoms with Crippen LogP contribution in [-0.4, -0.2) is 23.3 Å². The molecule has 4 rings (SSSR count). The predicted octanol–water partition coefficient (Wildman–Crippen LogP) is 5.48. The third kappa shape index (κ3) is 4.13. The fourth-order valence-corrected chi connectivity index (χ4v) is 4.27. The van der Waals surface area contributed by atoms with Crippen molar-refractivity contribution in [1.82, 2.24) is 4.98 Å². The van der Waals surface area contributed by atoms with Crippen molar-refractivity contribution in [3.8, 4) is 0 Å². The van der Waals surface area contributed by atoms with E-state index in [9.17, 15) is 22.8 Å². The maximum absolute atomic E-state index is 12.9. The van der Waals surface area contributed by atoms with Crippen molar-refractivity contribution in [2.45, 2.75) is 23.0 Å². The van der Waals surface area contributed by atoms with Gasteiger partial charge in [-0.1, -0.05) is 11.8 Å². The molecule has 1 aromatic heterocycles. The lowest BCUT2D eigenvalue weighted by molar-refractivity contribution is -0.137. The molecule has 1 aliphatic rings. The van der Waals surface area contributed by atoms with Crippen molar-refractivity contribution in [1.29, 1.82) is 0 Å². The van der Waals surface area contributed by atoms with Crippen LogP contribution in [0.4, 0.5) is 24.5 Å². The van der Waals surface area contributed by atoms with Crippen LogP contribution in [0, 0.1) is 0 Å². The molecule has 0 saturated carbocycles. The lowest BCUT2D eigenvalue weighted by Crippen LogP contribution is -2.30. The minimum absolute atomic E-state index is 0.105. The number of halogens is 3. The second kappa shape index (κ2) is 8.07. The molecule has 2 amide bonds. The molecular weight excluding hydrogens is 427 g/mol. The number of hydrogen-bond acceptors (Lipinski definition) is 4. The average Bonchev–Trinajstić information content (AvgIpc) is 2.86. The molecular formula is C22H16F3N3O2S. The first kappa shape index (κ1) is 20.9. The fraction of sp³-hybridized carbons (Fsp3) is 0.136. The smallest absolute Gasteiger partial charge is 0.322 e. The molecule has 0 unspecified atom stereocenters. The first-order valence-electron chi connectivity index (χ1n) is 9.35. The van der Waals surface area contributed by atoms with E-state index < -0.39 is 17.6 Å². The number of carbonyl (C=O) groups is 2. The van der Waals surface area contributed by atoms with E-state index in [2.05, 4.69) is 10.3 Å². The number of amides is 2. The number of anilines is 2. The summed E-state index contributed by atoms with van der Waals surface area (Å²) in [5, 5.41) is 3.26. The standard InChI is InChI=1S/C22H16F3N3O2S/c1-2-28-17-10-9-15(12-18(17)31-20-16(21(28)30)4-3-11-26-20)27-19(29)13-5-7-14(8-6-13)22(23,24)25/h3-12H,2H2,1H3,(H,27,29). The zero-order valence-electron chi connectivity index (χ0n) is 16.2. The summed E-state index contributed by atoms with van der Waals surface area (Å²) in [5.74, 6) is -0.687. The maximum Gasteiger partial charge on any atom is 0.416 e. The molecule has 3 aromatic rings. The van der Waals surface area contributed by atoms with E-state index in [4.69, 9.17) is 0 Å². The van der Waals surface area contributed by atoms with Gasteiger partial charge in [-0.05, 0) is 61.5 Å². The summed E-state index contributed by atoms with van der Waals surface area (Å²) < 4.78 is 38.2. The molecule has 1 N–H and O–H groups in total. The van der Waals surface area contributed by atoms with Crippen LogP contribution >= 0.6 is 11.8 Å². The first-order valence-corrected chi connectivity index (χ1v) is 10.2. The third-order valence-corrected chi connectivity index (χ3v) is 5.82. The van der Waals surface area contributed by atoms with Gasteiger partial charge >= 0.3 is 6.18 Å². The van der Waals surface area contributed by atoms with E-state index in [1.165, 1.54) is 11.8 Å². The fourth-order valence-electron chi connectivity index (χ4n) is 3.22. The number of carbonyl (C=O) groups excluding carboxylic acids is 2. The molecule has 2 aromatic carbocycles. The van der Waals surface area contributed by atoms with Gasteiger partial charge in [0.05, 0.1) is 16.8 Å². The number of alkyl halides is 3. The van der Waals surface area contributed by atoms with Gasteiger partial charge in [-0.2, -0.15) is 13.2 Å². The summed E-state index contributed by atoms with van der Waals surface area (Å²) in [4.78, 5) is 32.1. The third-order valence-electron chi connectivity index (χ3n) is 4.75. The minimum atomic E-state index is -4.46. The number of nitrogens with zero attached hydrogens (tertiary/aromatic N) is 2. The van der Waals surface area contributed by atoms with Crippen LogP contribution < -0.4 is 10.2 Å². The molecule has 5 nitrogen and oxygen atoms in total. The van der Waals surface area contributed by atoms with Crippen LogP contribution in [0.1, 0.15) is 33.2 Å². The van der Waals surface area contributed by atoms with Gasteiger partial charge in [-0.15, -0.1) is 0 Å². The Morgan fingerprint density at radius 1 is 1.13 bits per heavy atom. The Balaban J connectivity index is 1.62. The minimum Gasteiger partial charge on any atom is -0.322 e. The average molecular weight is 443 g/mol. The normalized spacial score (nSPS) is 13.3. The van der Waals surface area contributed by atoms with Gasteiger partial charge in [0.25, 0.3) is 11.8 Å². The van der Waals surface area contributed by atoms with Crippen LogP contribution in [0.5, 0.6) is 0 Å². The van der Waals surface area contributed by atoms with Crippen molar-refractivity contribution < 1.29 is 22.8 Å². The first-order chi connectivity index (χ1) is 14.8. The van der Waals surface area contributed by atoms with Gasteiger partial charge in [-0.3, -0.25) is 9.59 Å². The van der Waals surface area contributed by atoms with Gasteiger partial charge in [0, 0.05) is 28.9 Å². The van der Waals surface area contributed by atoms with Gasteiger partial charge in [0.15, 0.2) is 0 Å². The molecule has 0 aliphatic carbocycles. The number of benzene rings is 2. The van der Waals surface area contributed by atoms with E-state index in [1.54, 1.807) is 41.4 Å². The van der Waals surface area contributed by atoms with Gasteiger partial charge < -0.3 is 10.2 Å². The van der Waals surface area contributed by atoms with Gasteiger partial charge in [0.1, 0.15) is 5.03 Å². The van der Waals surface area contributed by atoms with Gasteiger partial charge in [0.2, 0.25) is 0 Å². The highest BCUT2D eigenvalue weighted by Crippen LogP contribution is 2.41. The molecule has 0 radical (unpaired) electrons. The summed E-state index contributed by atoms with van der Waals surface area (Å²) in [5.41, 5.74) is 0.942. The summed E-state index contributed by atoms with van der Waals surface area (Å²) >= 11 is 1.32. The Bertz CT molecular complexity index is 1160. The van der Waals surface area contributed by atoms with Crippen molar-refractivity contribution in [2.24, 2.45) is 0 Å². The van der Waals surface area contributed by atoms with Crippen LogP contribution in [0.2, 0.25) is 0 Å². The number of pyridine rings is 1. The van der Waals surface area contributed by atoms with Crippen molar-refractivity contribution in [3.63, 3.8) is 0 Å². The number of nitrogens with one attached hydrogen (secondary N) is 1. The highest BCUT2D eigenvalue weighted by molar-refractivity contribution is 7.99. The topological polar surface area (TPSA) is 62.3 Å². The number of hydrogen-bond donors (Lipinski definition) is 1. The second-order valence-corrected chi connectivity index (χ2v) is 7.75. The Morgan fingerprint density at radius 2 is 1.87 bits per heavy atom. The molecule has 31 heavy (non-hydrogen) atoms. The number of rotatable bonds is 3. The van der Waals surface area contributed by atoms with Crippen LogP contribution in [0.25, 0.3) is 0 Å². The van der Waals surface area contributed by atoms with Crippen molar-refractivity contribution in [3.05, 3.63) is 77.5 Å². The van der Waals surface area contributed by atoms with E-state index in [1.807, 2.05) is 6.92 Å². The Morgan fingerprint density at radius 3 is 2.55 bits per heavy atom. The summed E-state index contributed by atoms with van der Waals surface area (Å²) in [6.07, 6.45) is -2.85. The molecule has 0 bridgehead atoms. The van der Waals surface area contributed by atoms with Crippen LogP contribution in [0.15, 0.2) is 70.7 Å². The molecule has 1 aliphatic heterocycles. The zero-order chi connectivity index (χ0) is 22.2. The lowest BCUT2D eigenvalue weighted by Gasteiger charge is -2.21. The second-order valence-electron chi connectivity index (χ2n) is 6.72. The van der Waals surface area contributed by atoms with Crippen LogP contribution in [-0.2, 0) is 6.18 Å². The number of aromatic nitrogens is 1. The largest absolute Gasteiger partial charge is 0.416 e. The van der Waals surface area contributed by atoms with E-state index >= 15 is 0 Å². The summed E-state index contributed by atoms with van der Waals surface area (Å²) in [6, 6.07) is 12.5. The Kier molecular flexibility index (Phi) is 5.45. The van der Waals surface area contributed by atoms with Crippen molar-refractivity contribution in [2.75, 3.05) is 16.8 Å². The molecule has 0 fully saturated rings. The highest BCUT2D eigenvalue weighted by atomic mass is 32.2. The van der Waals surface area contributed by atoms with Crippen molar-refractivity contribution >= 4 is 35.0 Å². The molecule has 0 saturated heterocycles. The summed E-state index contributed by atoms with van der Waals surface area (Å²) in [6.45, 7) is 2.33. The Labute approximate surface area is 180 Å². The number of fused-ring (bicyclic) bond motifs is 2. The van der Waals surface area contributed by atoms with Crippen LogP contribution in [0.3, 0.4) is 0 Å². The Hall–Kier alpha value is -3.33. The predicted molar refractivity (Wildman–Crippen MR) is 112 cm³/mol. The van der Waals surface area contributed by atoms with E-state index in [0.29, 0.717) is 28.5 Å². The van der Waals surface area contributed by atoms with Gasteiger partial charge in [-0.25, -0.2) is 4.98 Å². The highest BCUT2D eigenvalue weighted by Gasteiger charge is 2.30. The molecule has 9 heteroatoms. The molecule has 0 spiro atoms. The molecule has 2 heterocycles. The quantitative estimate of drug-likeness (QED) is 0.582. The summed E-state index contributed by atoms with van der Waals surface area (Å²) in [7, 11) is 0. The zero-order valence-corrected chi connectivity index (χ0v) is 17.1. The monoisotopic (exact) mass is 443 g/mol. The molecule has 0 atom stereocenters. The SMILES string of the molecule is CCN1C(=O)c2cccnc2Sc2cc(NC(=O)c3ccc(C(F)(F)F)cc3)ccc21. The lowest BCUT2D eigenvalue weighted by atomic mass is 10.1. The van der Waals surface area contributed by atoms with E-state index in [-0.39, 0.29) is 11.5 Å². The molecule has 158 valence electrons. The maximum atomic E-state index is 12.9.